The van der Waals surface area contributed by atoms with Gasteiger partial charge < -0.3 is 24.6 Å². The van der Waals surface area contributed by atoms with Crippen molar-refractivity contribution in [3.63, 3.8) is 0 Å². The number of nitriles is 1. The molecule has 11 heteroatoms. The number of nitrogens with zero attached hydrogens (tertiary/aromatic N) is 3. The third-order valence-corrected chi connectivity index (χ3v) is 11.1. The first-order valence-corrected chi connectivity index (χ1v) is 14.9. The highest BCUT2D eigenvalue weighted by Gasteiger charge is 2.59. The highest BCUT2D eigenvalue weighted by Crippen LogP contribution is 2.62. The molecule has 2 fully saturated rings. The van der Waals surface area contributed by atoms with Crippen molar-refractivity contribution in [1.82, 2.24) is 15.1 Å². The number of Topliss-reactive ketones (excluding diaryl/α,β-unsaturated/α-hetero) is 1. The molecular formula is C30H32N4O6S. The van der Waals surface area contributed by atoms with Crippen LogP contribution in [0.3, 0.4) is 0 Å². The summed E-state index contributed by atoms with van der Waals surface area (Å²) in [6.45, 7) is 6.24. The monoisotopic (exact) mass is 576 g/mol. The van der Waals surface area contributed by atoms with Crippen molar-refractivity contribution in [3.8, 4) is 29.1 Å². The lowest BCUT2D eigenvalue weighted by Crippen LogP contribution is -2.69. The van der Waals surface area contributed by atoms with Gasteiger partial charge in [0.25, 0.3) is 5.91 Å². The van der Waals surface area contributed by atoms with E-state index in [2.05, 4.69) is 34.2 Å². The van der Waals surface area contributed by atoms with Gasteiger partial charge in [0.15, 0.2) is 23.0 Å². The number of amides is 1. The zero-order valence-electron chi connectivity index (χ0n) is 23.6. The van der Waals surface area contributed by atoms with Crippen LogP contribution in [-0.4, -0.2) is 78.0 Å². The normalized spacial score (nSPS) is 30.1. The number of piperazine rings is 1. The number of ether oxygens (including phenoxy) is 3. The van der Waals surface area contributed by atoms with Crippen molar-refractivity contribution in [3.05, 3.63) is 45.0 Å². The van der Waals surface area contributed by atoms with Gasteiger partial charge >= 0.3 is 0 Å². The van der Waals surface area contributed by atoms with Gasteiger partial charge in [-0.15, -0.1) is 11.8 Å². The van der Waals surface area contributed by atoms with E-state index in [9.17, 15) is 20.0 Å². The number of hydrogen-bond acceptors (Lipinski definition) is 10. The molecule has 6 atom stereocenters. The smallest absolute Gasteiger partial charge is 0.288 e. The van der Waals surface area contributed by atoms with Gasteiger partial charge in [-0.25, -0.2) is 0 Å². The van der Waals surface area contributed by atoms with Gasteiger partial charge in [-0.3, -0.25) is 19.4 Å². The van der Waals surface area contributed by atoms with Gasteiger partial charge in [0, 0.05) is 35.0 Å². The summed E-state index contributed by atoms with van der Waals surface area (Å²) in [6.07, 6.45) is 0.578. The molecule has 2 saturated heterocycles. The Morgan fingerprint density at radius 1 is 1.15 bits per heavy atom. The van der Waals surface area contributed by atoms with Crippen LogP contribution in [0.4, 0.5) is 0 Å². The molecule has 1 amide bonds. The predicted octanol–water partition coefficient (Wildman–Crippen LogP) is 2.76. The number of likely N-dealkylation sites (N-methyl/N-ethyl adjacent to an activating group) is 1. The lowest BCUT2D eigenvalue weighted by Gasteiger charge is -2.62. The molecule has 0 aromatic heterocycles. The minimum atomic E-state index is -0.619. The van der Waals surface area contributed by atoms with E-state index in [4.69, 9.17) is 14.2 Å². The summed E-state index contributed by atoms with van der Waals surface area (Å²) < 4.78 is 17.7. The van der Waals surface area contributed by atoms with Gasteiger partial charge in [-0.2, -0.15) is 5.26 Å². The standard InChI is InChI=1S/C30H32N4O6S/c1-12-6-15-7-16-17(8-31)34-18-9-32-30(37)19(35)10-41-29(20-13(2)14(3)27-28(22(18)20)40-11-39-27)24(34)23(33(16)4)21(15)25(36)26(12)38-5/h6,16-18,23-24,29,36H,7,9-11H2,1-5H3,(H,32,37)/t16?,17-,18-,23?,24?,29+/m0/s1. The number of aromatic hydroxyl groups is 1. The molecule has 41 heavy (non-hydrogen) atoms. The Morgan fingerprint density at radius 3 is 2.63 bits per heavy atom. The summed E-state index contributed by atoms with van der Waals surface area (Å²) in [5.41, 5.74) is 6.65. The van der Waals surface area contributed by atoms with Crippen LogP contribution in [0.2, 0.25) is 0 Å². The number of benzene rings is 2. The van der Waals surface area contributed by atoms with Crippen LogP contribution in [0.15, 0.2) is 6.07 Å². The van der Waals surface area contributed by atoms with Crippen LogP contribution in [0, 0.1) is 32.1 Å². The first-order valence-electron chi connectivity index (χ1n) is 13.8. The molecule has 3 unspecified atom stereocenters. The van der Waals surface area contributed by atoms with Crippen LogP contribution in [0.1, 0.15) is 56.3 Å². The number of fused-ring (bicyclic) bond motifs is 9. The van der Waals surface area contributed by atoms with Crippen LogP contribution in [-0.2, 0) is 16.0 Å². The van der Waals surface area contributed by atoms with Crippen LogP contribution in [0.5, 0.6) is 23.0 Å². The fraction of sp³-hybridized carbons (Fsp3) is 0.500. The average molecular weight is 577 g/mol. The van der Waals surface area contributed by atoms with E-state index in [0.717, 1.165) is 38.9 Å². The number of hydrogen-bond donors (Lipinski definition) is 2. The molecule has 2 aromatic rings. The third kappa shape index (κ3) is 3.44. The van der Waals surface area contributed by atoms with Gasteiger partial charge in [-0.05, 0) is 62.1 Å². The second-order valence-electron chi connectivity index (χ2n) is 11.6. The number of carbonyl (C=O) groups excluding carboxylic acids is 2. The molecule has 0 aliphatic carbocycles. The maximum absolute atomic E-state index is 12.9. The molecule has 5 aliphatic rings. The van der Waals surface area contributed by atoms with Gasteiger partial charge in [0.1, 0.15) is 6.04 Å². The highest BCUT2D eigenvalue weighted by molar-refractivity contribution is 8.00. The maximum atomic E-state index is 12.9. The summed E-state index contributed by atoms with van der Waals surface area (Å²) in [6, 6.07) is 2.96. The van der Waals surface area contributed by atoms with E-state index in [1.54, 1.807) is 7.11 Å². The van der Waals surface area contributed by atoms with Crippen LogP contribution in [0.25, 0.3) is 0 Å². The van der Waals surface area contributed by atoms with Crippen molar-refractivity contribution in [1.29, 1.82) is 5.26 Å². The summed E-state index contributed by atoms with van der Waals surface area (Å²) in [5.74, 6) is 0.805. The van der Waals surface area contributed by atoms with Gasteiger partial charge in [0.2, 0.25) is 12.6 Å². The average Bonchev–Trinajstić information content (AvgIpc) is 3.44. The summed E-state index contributed by atoms with van der Waals surface area (Å²) in [5, 5.41) is 25.0. The zero-order chi connectivity index (χ0) is 28.9. The third-order valence-electron chi connectivity index (χ3n) is 9.79. The zero-order valence-corrected chi connectivity index (χ0v) is 24.4. The Bertz CT molecular complexity index is 1570. The predicted molar refractivity (Wildman–Crippen MR) is 150 cm³/mol. The first-order chi connectivity index (χ1) is 19.7. The fourth-order valence-corrected chi connectivity index (χ4v) is 9.37. The topological polar surface area (TPSA) is 124 Å². The van der Waals surface area contributed by atoms with E-state index in [1.165, 1.54) is 11.8 Å². The summed E-state index contributed by atoms with van der Waals surface area (Å²) in [4.78, 5) is 30.1. The number of carbonyl (C=O) groups is 2. The van der Waals surface area contributed by atoms with E-state index in [1.807, 2.05) is 20.9 Å². The van der Waals surface area contributed by atoms with Gasteiger partial charge in [-0.1, -0.05) is 6.07 Å². The molecule has 2 aromatic carbocycles. The van der Waals surface area contributed by atoms with Crippen molar-refractivity contribution in [2.24, 2.45) is 0 Å². The Labute approximate surface area is 242 Å². The number of phenolic OH excluding ortho intramolecular Hbond substituents is 1. The minimum absolute atomic E-state index is 0.00891. The SMILES string of the molecule is COc1c(C)cc2c(c1O)C1C3[C@@H]4SCC(=O)C(=O)NC[C@@H](c5c6c(c(C)c(C)c54)OCO6)N3[C@@H](C#N)C(C2)N1C. The lowest BCUT2D eigenvalue weighted by molar-refractivity contribution is -0.137. The Kier molecular flexibility index (Phi) is 5.98. The van der Waals surface area contributed by atoms with E-state index >= 15 is 0 Å². The summed E-state index contributed by atoms with van der Waals surface area (Å²) >= 11 is 1.42. The number of rotatable bonds is 1. The molecular weight excluding hydrogens is 544 g/mol. The minimum Gasteiger partial charge on any atom is -0.504 e. The first kappa shape index (κ1) is 26.4. The molecule has 0 radical (unpaired) electrons. The number of nitrogens with one attached hydrogen (secondary N) is 1. The lowest BCUT2D eigenvalue weighted by atomic mass is 9.71. The van der Waals surface area contributed by atoms with Crippen molar-refractivity contribution in [2.75, 3.05) is 33.2 Å². The van der Waals surface area contributed by atoms with E-state index in [0.29, 0.717) is 23.7 Å². The quantitative estimate of drug-likeness (QED) is 0.490. The molecule has 214 valence electrons. The van der Waals surface area contributed by atoms with Crippen molar-refractivity contribution >= 4 is 23.5 Å². The Balaban J connectivity index is 1.55. The number of phenols is 1. The van der Waals surface area contributed by atoms with E-state index in [-0.39, 0.29) is 48.2 Å². The van der Waals surface area contributed by atoms with Crippen LogP contribution >= 0.6 is 11.8 Å². The fourth-order valence-electron chi connectivity index (χ4n) is 7.95. The number of thioether (sulfide) groups is 1. The molecule has 2 N–H and O–H groups in total. The number of aryl methyl sites for hydroxylation is 1. The highest BCUT2D eigenvalue weighted by atomic mass is 32.2. The number of ketones is 1. The maximum Gasteiger partial charge on any atom is 0.288 e. The molecule has 0 saturated carbocycles. The van der Waals surface area contributed by atoms with Crippen molar-refractivity contribution < 1.29 is 28.9 Å². The van der Waals surface area contributed by atoms with Gasteiger partial charge in [0.05, 0.1) is 31.0 Å². The molecule has 0 spiro atoms. The summed E-state index contributed by atoms with van der Waals surface area (Å²) in [7, 11) is 3.58. The second kappa shape index (κ2) is 9.28. The van der Waals surface area contributed by atoms with E-state index < -0.39 is 23.8 Å². The largest absolute Gasteiger partial charge is 0.504 e. The molecule has 5 heterocycles. The molecule has 7 rings (SSSR count). The second-order valence-corrected chi connectivity index (χ2v) is 12.7. The molecule has 4 bridgehead atoms. The number of methoxy groups -OCH3 is 1. The Hall–Kier alpha value is -3.46. The van der Waals surface area contributed by atoms with Crippen molar-refractivity contribution in [2.45, 2.75) is 62.7 Å². The Morgan fingerprint density at radius 2 is 1.90 bits per heavy atom. The van der Waals surface area contributed by atoms with Crippen LogP contribution < -0.4 is 19.5 Å². The molecule has 5 aliphatic heterocycles. The molecule has 10 nitrogen and oxygen atoms in total.